The van der Waals surface area contributed by atoms with Gasteiger partial charge in [-0.25, -0.2) is 0 Å². The largest absolute Gasteiger partial charge is 0.407 e. The predicted molar refractivity (Wildman–Crippen MR) is 66.7 cm³/mol. The van der Waals surface area contributed by atoms with Crippen LogP contribution in [0.25, 0.3) is 0 Å². The van der Waals surface area contributed by atoms with E-state index in [1.165, 1.54) is 25.7 Å². The molecule has 96 valence electrons. The molecule has 0 radical (unpaired) electrons. The van der Waals surface area contributed by atoms with Gasteiger partial charge in [0.05, 0.1) is 6.54 Å². The van der Waals surface area contributed by atoms with E-state index in [4.69, 9.17) is 4.42 Å². The number of aromatic nitrogens is 2. The van der Waals surface area contributed by atoms with Crippen LogP contribution in [0.5, 0.6) is 0 Å². The van der Waals surface area contributed by atoms with Crippen LogP contribution in [0.2, 0.25) is 0 Å². The summed E-state index contributed by atoms with van der Waals surface area (Å²) in [6, 6.07) is 1.06. The van der Waals surface area contributed by atoms with Crippen molar-refractivity contribution in [3.05, 3.63) is 5.89 Å². The van der Waals surface area contributed by atoms with Gasteiger partial charge in [-0.3, -0.25) is 0 Å². The fourth-order valence-electron chi connectivity index (χ4n) is 2.36. The van der Waals surface area contributed by atoms with Gasteiger partial charge in [0.2, 0.25) is 5.89 Å². The van der Waals surface area contributed by atoms with E-state index in [9.17, 15) is 0 Å². The Balaban J connectivity index is 1.83. The number of anilines is 1. The van der Waals surface area contributed by atoms with Gasteiger partial charge >= 0.3 is 6.01 Å². The zero-order valence-electron chi connectivity index (χ0n) is 10.7. The molecule has 1 heterocycles. The number of nitrogens with one attached hydrogen (secondary N) is 2. The summed E-state index contributed by atoms with van der Waals surface area (Å²) < 4.78 is 5.53. The molecule has 2 atom stereocenters. The summed E-state index contributed by atoms with van der Waals surface area (Å²) in [7, 11) is 0. The Bertz CT molecular complexity index is 339. The summed E-state index contributed by atoms with van der Waals surface area (Å²) in [6.45, 7) is 5.91. The normalized spacial score (nSPS) is 24.8. The molecule has 0 aromatic carbocycles. The highest BCUT2D eigenvalue weighted by Crippen LogP contribution is 2.25. The second kappa shape index (κ2) is 6.00. The van der Waals surface area contributed by atoms with Gasteiger partial charge in [0.15, 0.2) is 0 Å². The van der Waals surface area contributed by atoms with Crippen molar-refractivity contribution in [2.24, 2.45) is 5.92 Å². The third-order valence-corrected chi connectivity index (χ3v) is 3.26. The molecule has 17 heavy (non-hydrogen) atoms. The SMILES string of the molecule is CCNCc1nnc(NC2CCCC(C)C2)o1. The summed E-state index contributed by atoms with van der Waals surface area (Å²) >= 11 is 0. The standard InChI is InChI=1S/C12H22N4O/c1-3-13-8-11-15-16-12(17-11)14-10-6-4-5-9(2)7-10/h9-10,13H,3-8H2,1-2H3,(H,14,16). The van der Waals surface area contributed by atoms with E-state index in [0.29, 0.717) is 24.5 Å². The molecule has 1 aliphatic rings. The summed E-state index contributed by atoms with van der Waals surface area (Å²) in [5, 5.41) is 14.5. The number of rotatable bonds is 5. The minimum Gasteiger partial charge on any atom is -0.407 e. The number of hydrogen-bond donors (Lipinski definition) is 2. The second-order valence-corrected chi connectivity index (χ2v) is 4.89. The fourth-order valence-corrected chi connectivity index (χ4v) is 2.36. The maximum absolute atomic E-state index is 5.53. The molecule has 0 saturated heterocycles. The van der Waals surface area contributed by atoms with E-state index in [1.807, 2.05) is 0 Å². The molecule has 1 aromatic rings. The first-order valence-electron chi connectivity index (χ1n) is 6.57. The van der Waals surface area contributed by atoms with Crippen LogP contribution >= 0.6 is 0 Å². The lowest BCUT2D eigenvalue weighted by atomic mass is 9.87. The molecule has 0 amide bonds. The topological polar surface area (TPSA) is 63.0 Å². The Morgan fingerprint density at radius 1 is 1.35 bits per heavy atom. The zero-order chi connectivity index (χ0) is 12.1. The lowest BCUT2D eigenvalue weighted by molar-refractivity contribution is 0.352. The van der Waals surface area contributed by atoms with Crippen LogP contribution < -0.4 is 10.6 Å². The molecule has 0 aliphatic heterocycles. The Labute approximate surface area is 102 Å². The fraction of sp³-hybridized carbons (Fsp3) is 0.833. The third-order valence-electron chi connectivity index (χ3n) is 3.26. The van der Waals surface area contributed by atoms with E-state index in [-0.39, 0.29) is 0 Å². The second-order valence-electron chi connectivity index (χ2n) is 4.89. The molecule has 1 aromatic heterocycles. The number of nitrogens with zero attached hydrogens (tertiary/aromatic N) is 2. The minimum atomic E-state index is 0.492. The monoisotopic (exact) mass is 238 g/mol. The minimum absolute atomic E-state index is 0.492. The summed E-state index contributed by atoms with van der Waals surface area (Å²) in [4.78, 5) is 0. The lowest BCUT2D eigenvalue weighted by Gasteiger charge is -2.26. The lowest BCUT2D eigenvalue weighted by Crippen LogP contribution is -2.26. The summed E-state index contributed by atoms with van der Waals surface area (Å²) in [5.74, 6) is 1.45. The van der Waals surface area contributed by atoms with Gasteiger partial charge in [-0.05, 0) is 25.3 Å². The molecule has 1 fully saturated rings. The van der Waals surface area contributed by atoms with E-state index < -0.39 is 0 Å². The Hall–Kier alpha value is -1.10. The molecular weight excluding hydrogens is 216 g/mol. The molecule has 2 N–H and O–H groups in total. The van der Waals surface area contributed by atoms with Gasteiger partial charge in [-0.1, -0.05) is 31.8 Å². The zero-order valence-corrected chi connectivity index (χ0v) is 10.7. The Morgan fingerprint density at radius 3 is 3.00 bits per heavy atom. The van der Waals surface area contributed by atoms with E-state index in [2.05, 4.69) is 34.7 Å². The van der Waals surface area contributed by atoms with Crippen LogP contribution in [0, 0.1) is 5.92 Å². The van der Waals surface area contributed by atoms with Crippen LogP contribution in [0.1, 0.15) is 45.4 Å². The molecular formula is C12H22N4O. The molecule has 1 saturated carbocycles. The molecule has 1 aliphatic carbocycles. The van der Waals surface area contributed by atoms with Crippen molar-refractivity contribution in [1.29, 1.82) is 0 Å². The van der Waals surface area contributed by atoms with Gasteiger partial charge in [0, 0.05) is 6.04 Å². The van der Waals surface area contributed by atoms with E-state index >= 15 is 0 Å². The molecule has 2 unspecified atom stereocenters. The maximum atomic E-state index is 5.53. The van der Waals surface area contributed by atoms with Crippen LogP contribution in [0.3, 0.4) is 0 Å². The first-order chi connectivity index (χ1) is 8.28. The van der Waals surface area contributed by atoms with Gasteiger partial charge in [0.1, 0.15) is 0 Å². The average molecular weight is 238 g/mol. The van der Waals surface area contributed by atoms with E-state index in [1.54, 1.807) is 0 Å². The van der Waals surface area contributed by atoms with Gasteiger partial charge in [0.25, 0.3) is 0 Å². The highest BCUT2D eigenvalue weighted by Gasteiger charge is 2.20. The molecule has 0 spiro atoms. The maximum Gasteiger partial charge on any atom is 0.315 e. The van der Waals surface area contributed by atoms with Crippen molar-refractivity contribution in [1.82, 2.24) is 15.5 Å². The van der Waals surface area contributed by atoms with Crippen molar-refractivity contribution in [2.45, 2.75) is 52.1 Å². The van der Waals surface area contributed by atoms with Gasteiger partial charge in [-0.2, -0.15) is 0 Å². The Morgan fingerprint density at radius 2 is 2.24 bits per heavy atom. The summed E-state index contributed by atoms with van der Waals surface area (Å²) in [6.07, 6.45) is 5.03. The Kier molecular flexibility index (Phi) is 4.36. The highest BCUT2D eigenvalue weighted by molar-refractivity contribution is 5.19. The van der Waals surface area contributed by atoms with Crippen LogP contribution in [-0.4, -0.2) is 22.8 Å². The number of hydrogen-bond acceptors (Lipinski definition) is 5. The van der Waals surface area contributed by atoms with Crippen molar-refractivity contribution in [3.8, 4) is 0 Å². The van der Waals surface area contributed by atoms with Crippen LogP contribution in [0.4, 0.5) is 6.01 Å². The van der Waals surface area contributed by atoms with Gasteiger partial charge < -0.3 is 15.1 Å². The molecule has 5 heteroatoms. The quantitative estimate of drug-likeness (QED) is 0.823. The summed E-state index contributed by atoms with van der Waals surface area (Å²) in [5.41, 5.74) is 0. The first-order valence-corrected chi connectivity index (χ1v) is 6.57. The van der Waals surface area contributed by atoms with Crippen molar-refractivity contribution < 1.29 is 4.42 Å². The smallest absolute Gasteiger partial charge is 0.315 e. The van der Waals surface area contributed by atoms with E-state index in [0.717, 1.165) is 12.5 Å². The third kappa shape index (κ3) is 3.70. The van der Waals surface area contributed by atoms with Crippen LogP contribution in [-0.2, 0) is 6.54 Å². The van der Waals surface area contributed by atoms with Crippen molar-refractivity contribution in [3.63, 3.8) is 0 Å². The molecule has 2 rings (SSSR count). The molecule has 5 nitrogen and oxygen atoms in total. The highest BCUT2D eigenvalue weighted by atomic mass is 16.4. The average Bonchev–Trinajstić information content (AvgIpc) is 2.74. The van der Waals surface area contributed by atoms with Gasteiger partial charge in [-0.15, -0.1) is 5.10 Å². The van der Waals surface area contributed by atoms with Crippen molar-refractivity contribution >= 4 is 6.01 Å². The first kappa shape index (κ1) is 12.4. The predicted octanol–water partition coefficient (Wildman–Crippen LogP) is 2.17. The van der Waals surface area contributed by atoms with Crippen LogP contribution in [0.15, 0.2) is 4.42 Å². The van der Waals surface area contributed by atoms with Crippen molar-refractivity contribution in [2.75, 3.05) is 11.9 Å². The molecule has 0 bridgehead atoms.